The lowest BCUT2D eigenvalue weighted by Crippen LogP contribution is -2.46. The van der Waals surface area contributed by atoms with Crippen molar-refractivity contribution in [2.75, 3.05) is 47.5 Å². The quantitative estimate of drug-likeness (QED) is 0.121. The minimum absolute atomic E-state index is 0.0853. The van der Waals surface area contributed by atoms with Crippen LogP contribution < -0.4 is 14.2 Å². The lowest BCUT2D eigenvalue weighted by molar-refractivity contribution is -0.137. The summed E-state index contributed by atoms with van der Waals surface area (Å²) in [5.41, 5.74) is 1.79. The number of aromatic nitrogens is 2. The van der Waals surface area contributed by atoms with Gasteiger partial charge in [0.25, 0.3) is 0 Å². The molecule has 4 aromatic rings. The van der Waals surface area contributed by atoms with E-state index < -0.39 is 11.0 Å². The summed E-state index contributed by atoms with van der Waals surface area (Å²) >= 11 is 12.7. The molecule has 0 aliphatic carbocycles. The number of benzene rings is 3. The molecule has 0 spiro atoms. The predicted octanol–water partition coefficient (Wildman–Crippen LogP) is 8.33. The van der Waals surface area contributed by atoms with Crippen molar-refractivity contribution in [2.24, 2.45) is 5.41 Å². The molecular formula is C43H49Cl2FN4O5. The van der Waals surface area contributed by atoms with E-state index in [1.54, 1.807) is 45.7 Å². The summed E-state index contributed by atoms with van der Waals surface area (Å²) < 4.78 is 32.4. The normalized spacial score (nSPS) is 18.8. The summed E-state index contributed by atoms with van der Waals surface area (Å²) in [5, 5.41) is 13.1. The van der Waals surface area contributed by atoms with E-state index in [1.807, 2.05) is 65.0 Å². The molecule has 1 N–H and O–H groups in total. The highest BCUT2D eigenvalue weighted by molar-refractivity contribution is 6.42. The number of carbonyl (C=O) groups excluding carboxylic acids is 1. The van der Waals surface area contributed by atoms with Crippen LogP contribution in [0.15, 0.2) is 79.0 Å². The third-order valence-corrected chi connectivity index (χ3v) is 11.7. The number of halogens is 3. The number of likely N-dealkylation sites (tertiary alicyclic amines) is 2. The second kappa shape index (κ2) is 17.6. The number of nitrogens with zero attached hydrogens (tertiary/aromatic N) is 4. The van der Waals surface area contributed by atoms with Crippen LogP contribution in [-0.4, -0.2) is 77.9 Å². The zero-order valence-electron chi connectivity index (χ0n) is 31.9. The Morgan fingerprint density at radius 1 is 0.855 bits per heavy atom. The first-order chi connectivity index (χ1) is 26.5. The van der Waals surface area contributed by atoms with Crippen LogP contribution in [0, 0.1) is 11.2 Å². The third kappa shape index (κ3) is 9.04. The van der Waals surface area contributed by atoms with Crippen LogP contribution in [0.5, 0.6) is 17.2 Å². The minimum Gasteiger partial charge on any atom is -0.493 e. The highest BCUT2D eigenvalue weighted by Gasteiger charge is 2.47. The van der Waals surface area contributed by atoms with Gasteiger partial charge in [0.2, 0.25) is 11.7 Å². The number of amides is 1. The van der Waals surface area contributed by atoms with Gasteiger partial charge >= 0.3 is 0 Å². The van der Waals surface area contributed by atoms with Crippen molar-refractivity contribution in [1.29, 1.82) is 0 Å². The summed E-state index contributed by atoms with van der Waals surface area (Å²) in [6, 6.07) is 15.8. The van der Waals surface area contributed by atoms with Crippen molar-refractivity contribution in [3.8, 4) is 17.2 Å². The van der Waals surface area contributed by atoms with E-state index in [9.17, 15) is 14.3 Å². The first-order valence-corrected chi connectivity index (χ1v) is 19.3. The van der Waals surface area contributed by atoms with Crippen molar-refractivity contribution in [3.05, 3.63) is 123 Å². The van der Waals surface area contributed by atoms with Crippen LogP contribution in [0.25, 0.3) is 6.08 Å². The van der Waals surface area contributed by atoms with Crippen LogP contribution >= 0.6 is 23.2 Å². The van der Waals surface area contributed by atoms with E-state index >= 15 is 0 Å². The van der Waals surface area contributed by atoms with E-state index in [0.29, 0.717) is 104 Å². The maximum Gasteiger partial charge on any atom is 0.229 e. The fourth-order valence-corrected chi connectivity index (χ4v) is 8.18. The fraction of sp³-hybridized carbons (Fsp3) is 0.395. The molecular weight excluding hydrogens is 742 g/mol. The highest BCUT2D eigenvalue weighted by atomic mass is 35.5. The van der Waals surface area contributed by atoms with Gasteiger partial charge in [-0.2, -0.15) is 0 Å². The molecule has 12 heteroatoms. The zero-order valence-corrected chi connectivity index (χ0v) is 33.4. The van der Waals surface area contributed by atoms with Crippen molar-refractivity contribution >= 4 is 35.2 Å². The number of aliphatic hydroxyl groups is 1. The molecule has 2 saturated heterocycles. The van der Waals surface area contributed by atoms with Crippen molar-refractivity contribution in [2.45, 2.75) is 57.7 Å². The maximum atomic E-state index is 14.6. The maximum absolute atomic E-state index is 14.6. The van der Waals surface area contributed by atoms with E-state index in [1.165, 1.54) is 12.1 Å². The Balaban J connectivity index is 1.19. The molecule has 1 unspecified atom stereocenters. The molecule has 3 heterocycles. The summed E-state index contributed by atoms with van der Waals surface area (Å²) in [6.45, 7) is 5.34. The molecule has 6 rings (SSSR count). The SMILES string of the molecule is C/C=C/C=C/c1cnc(C2(O)CCN(CCC3(Cc4ccc(Cl)c(Cl)c4)CCN(Cc4cc(OC)c(OC)c(OC)c4)C3=O)CC2)n1Cc1ccc(F)cc1. The van der Waals surface area contributed by atoms with Gasteiger partial charge in [0.15, 0.2) is 11.5 Å². The molecule has 0 radical (unpaired) electrons. The number of rotatable bonds is 15. The number of ether oxygens (including phenoxy) is 3. The second-order valence-corrected chi connectivity index (χ2v) is 15.3. The monoisotopic (exact) mass is 790 g/mol. The number of hydrogen-bond acceptors (Lipinski definition) is 7. The number of carbonyl (C=O) groups is 1. The number of methoxy groups -OCH3 is 3. The Kier molecular flexibility index (Phi) is 12.9. The summed E-state index contributed by atoms with van der Waals surface area (Å²) in [6.07, 6.45) is 12.4. The molecule has 2 fully saturated rings. The Labute approximate surface area is 332 Å². The average Bonchev–Trinajstić information content (AvgIpc) is 3.73. The molecule has 2 aliphatic heterocycles. The summed E-state index contributed by atoms with van der Waals surface area (Å²) in [4.78, 5) is 23.6. The number of allylic oxidation sites excluding steroid dienone is 3. The molecule has 55 heavy (non-hydrogen) atoms. The largest absolute Gasteiger partial charge is 0.493 e. The lowest BCUT2D eigenvalue weighted by Gasteiger charge is -2.39. The average molecular weight is 792 g/mol. The number of imidazole rings is 1. The van der Waals surface area contributed by atoms with Gasteiger partial charge in [-0.15, -0.1) is 0 Å². The number of piperidine rings is 1. The molecule has 1 amide bonds. The molecule has 292 valence electrons. The Morgan fingerprint density at radius 3 is 2.18 bits per heavy atom. The summed E-state index contributed by atoms with van der Waals surface area (Å²) in [7, 11) is 4.72. The smallest absolute Gasteiger partial charge is 0.229 e. The van der Waals surface area contributed by atoms with E-state index in [4.69, 9.17) is 42.4 Å². The van der Waals surface area contributed by atoms with Crippen molar-refractivity contribution in [3.63, 3.8) is 0 Å². The van der Waals surface area contributed by atoms with Gasteiger partial charge in [-0.25, -0.2) is 9.37 Å². The van der Waals surface area contributed by atoms with Gasteiger partial charge < -0.3 is 33.7 Å². The van der Waals surface area contributed by atoms with Crippen molar-refractivity contribution < 1.29 is 28.5 Å². The fourth-order valence-electron chi connectivity index (χ4n) is 7.85. The van der Waals surface area contributed by atoms with E-state index in [0.717, 1.165) is 22.4 Å². The molecule has 3 aromatic carbocycles. The molecule has 0 saturated carbocycles. The lowest BCUT2D eigenvalue weighted by atomic mass is 9.76. The Morgan fingerprint density at radius 2 is 1.55 bits per heavy atom. The van der Waals surface area contributed by atoms with Crippen LogP contribution in [-0.2, 0) is 29.9 Å². The van der Waals surface area contributed by atoms with Gasteiger partial charge in [-0.05, 0) is 105 Å². The third-order valence-electron chi connectivity index (χ3n) is 10.9. The molecule has 9 nitrogen and oxygen atoms in total. The number of hydrogen-bond donors (Lipinski definition) is 1. The van der Waals surface area contributed by atoms with E-state index in [2.05, 4.69) is 4.90 Å². The first-order valence-electron chi connectivity index (χ1n) is 18.6. The van der Waals surface area contributed by atoms with Crippen LogP contribution in [0.3, 0.4) is 0 Å². The van der Waals surface area contributed by atoms with Gasteiger partial charge in [0, 0.05) is 32.7 Å². The van der Waals surface area contributed by atoms with Gasteiger partial charge in [0.1, 0.15) is 17.2 Å². The molecule has 1 atom stereocenters. The predicted molar refractivity (Wildman–Crippen MR) is 214 cm³/mol. The topological polar surface area (TPSA) is 89.3 Å². The standard InChI is InChI=1S/C43H49Cl2FN4O5/c1-5-6-7-8-34-27-47-40(50(34)29-30-9-12-33(46)13-10-30)43(52)17-20-48(21-18-43)19-15-42(26-31-11-14-35(44)36(45)23-31)16-22-49(41(42)51)28-32-24-37(53-2)39(55-4)38(25-32)54-3/h5-14,23-25,27,52H,15-22,26,28-29H2,1-4H3/b6-5+,8-7+. The zero-order chi connectivity index (χ0) is 39.2. The molecule has 0 bridgehead atoms. The first kappa shape index (κ1) is 40.3. The van der Waals surface area contributed by atoms with Crippen LogP contribution in [0.1, 0.15) is 60.8 Å². The molecule has 2 aliphatic rings. The van der Waals surface area contributed by atoms with E-state index in [-0.39, 0.29) is 11.7 Å². The summed E-state index contributed by atoms with van der Waals surface area (Å²) in [5.74, 6) is 1.97. The van der Waals surface area contributed by atoms with Gasteiger partial charge in [-0.3, -0.25) is 4.79 Å². The van der Waals surface area contributed by atoms with Crippen LogP contribution in [0.2, 0.25) is 10.0 Å². The second-order valence-electron chi connectivity index (χ2n) is 14.4. The minimum atomic E-state index is -1.15. The Bertz CT molecular complexity index is 2000. The Hall–Kier alpha value is -4.35. The molecule has 1 aromatic heterocycles. The highest BCUT2D eigenvalue weighted by Crippen LogP contribution is 2.43. The van der Waals surface area contributed by atoms with Gasteiger partial charge in [-0.1, -0.05) is 59.6 Å². The van der Waals surface area contributed by atoms with Crippen LogP contribution in [0.4, 0.5) is 4.39 Å². The van der Waals surface area contributed by atoms with Gasteiger partial charge in [0.05, 0.1) is 48.7 Å². The van der Waals surface area contributed by atoms with Crippen molar-refractivity contribution in [1.82, 2.24) is 19.4 Å².